The fourth-order valence-corrected chi connectivity index (χ4v) is 1.90. The zero-order chi connectivity index (χ0) is 14.6. The molecule has 0 saturated carbocycles. The van der Waals surface area contributed by atoms with Crippen LogP contribution in [0.3, 0.4) is 0 Å². The number of amides is 1. The molecule has 0 heterocycles. The van der Waals surface area contributed by atoms with E-state index in [1.165, 1.54) is 0 Å². The zero-order valence-corrected chi connectivity index (χ0v) is 12.2. The average Bonchev–Trinajstić information content (AvgIpc) is 2.48. The number of carbonyl (C=O) groups excluding carboxylic acids is 1. The first-order valence-electron chi connectivity index (χ1n) is 7.36. The molecule has 0 spiro atoms. The van der Waals surface area contributed by atoms with Crippen LogP contribution in [-0.4, -0.2) is 17.1 Å². The van der Waals surface area contributed by atoms with Gasteiger partial charge in [-0.2, -0.15) is 0 Å². The van der Waals surface area contributed by atoms with Crippen molar-refractivity contribution < 1.29 is 9.90 Å². The van der Waals surface area contributed by atoms with Gasteiger partial charge >= 0.3 is 0 Å². The monoisotopic (exact) mass is 275 g/mol. The molecule has 0 aliphatic rings. The van der Waals surface area contributed by atoms with Crippen molar-refractivity contribution in [2.24, 2.45) is 0 Å². The van der Waals surface area contributed by atoms with E-state index in [1.807, 2.05) is 30.3 Å². The van der Waals surface area contributed by atoms with Crippen molar-refractivity contribution >= 4 is 5.91 Å². The molecule has 0 radical (unpaired) electrons. The Balaban J connectivity index is 2.11. The summed E-state index contributed by atoms with van der Waals surface area (Å²) < 4.78 is 0. The number of rotatable bonds is 9. The summed E-state index contributed by atoms with van der Waals surface area (Å²) in [6, 6.07) is 9.82. The predicted octanol–water partition coefficient (Wildman–Crippen LogP) is 3.19. The number of nitrogens with one attached hydrogen (secondary N) is 1. The lowest BCUT2D eigenvalue weighted by Crippen LogP contribution is -2.23. The fourth-order valence-electron chi connectivity index (χ4n) is 1.90. The van der Waals surface area contributed by atoms with Gasteiger partial charge in [-0.3, -0.25) is 4.79 Å². The lowest BCUT2D eigenvalue weighted by molar-refractivity contribution is -0.121. The van der Waals surface area contributed by atoms with Gasteiger partial charge in [0.15, 0.2) is 0 Å². The maximum Gasteiger partial charge on any atom is 0.220 e. The van der Waals surface area contributed by atoms with Crippen LogP contribution in [0.4, 0.5) is 0 Å². The van der Waals surface area contributed by atoms with Gasteiger partial charge in [-0.05, 0) is 31.2 Å². The molecular formula is C17H25NO2. The van der Waals surface area contributed by atoms with E-state index < -0.39 is 0 Å². The Morgan fingerprint density at radius 1 is 1.25 bits per heavy atom. The summed E-state index contributed by atoms with van der Waals surface area (Å²) in [7, 11) is 0. The second-order valence-electron chi connectivity index (χ2n) is 4.91. The molecule has 1 amide bonds. The number of hydrogen-bond acceptors (Lipinski definition) is 2. The van der Waals surface area contributed by atoms with Gasteiger partial charge < -0.3 is 10.4 Å². The lowest BCUT2D eigenvalue weighted by atomic mass is 10.1. The van der Waals surface area contributed by atoms with E-state index in [-0.39, 0.29) is 12.0 Å². The van der Waals surface area contributed by atoms with E-state index in [0.29, 0.717) is 19.4 Å². The van der Waals surface area contributed by atoms with E-state index >= 15 is 0 Å². The molecule has 0 unspecified atom stereocenters. The van der Waals surface area contributed by atoms with Gasteiger partial charge in [0.05, 0.1) is 6.10 Å². The Bertz CT molecular complexity index is 401. The largest absolute Gasteiger partial charge is 0.393 e. The minimum atomic E-state index is -0.390. The summed E-state index contributed by atoms with van der Waals surface area (Å²) in [5.41, 5.74) is 1.09. The summed E-state index contributed by atoms with van der Waals surface area (Å²) in [6.07, 6.45) is 7.32. The van der Waals surface area contributed by atoms with Gasteiger partial charge in [-0.25, -0.2) is 0 Å². The van der Waals surface area contributed by atoms with E-state index in [1.54, 1.807) is 0 Å². The topological polar surface area (TPSA) is 49.3 Å². The molecule has 0 aromatic heterocycles. The van der Waals surface area contributed by atoms with Gasteiger partial charge in [-0.1, -0.05) is 49.4 Å². The van der Waals surface area contributed by atoms with Gasteiger partial charge in [0, 0.05) is 13.0 Å². The zero-order valence-electron chi connectivity index (χ0n) is 12.2. The Morgan fingerprint density at radius 3 is 2.70 bits per heavy atom. The van der Waals surface area contributed by atoms with Crippen molar-refractivity contribution in [2.75, 3.05) is 0 Å². The maximum atomic E-state index is 11.7. The van der Waals surface area contributed by atoms with E-state index in [4.69, 9.17) is 0 Å². The molecule has 0 fully saturated rings. The molecule has 1 atom stereocenters. The number of aliphatic hydroxyl groups excluding tert-OH is 1. The van der Waals surface area contributed by atoms with Crippen LogP contribution in [0, 0.1) is 0 Å². The molecule has 1 aromatic rings. The van der Waals surface area contributed by atoms with E-state index in [2.05, 4.69) is 24.4 Å². The van der Waals surface area contributed by atoms with Crippen LogP contribution in [-0.2, 0) is 11.3 Å². The van der Waals surface area contributed by atoms with Crippen LogP contribution in [0.2, 0.25) is 0 Å². The number of hydrogen-bond donors (Lipinski definition) is 2. The highest BCUT2D eigenvalue weighted by Gasteiger charge is 2.07. The average molecular weight is 275 g/mol. The van der Waals surface area contributed by atoms with Gasteiger partial charge in [-0.15, -0.1) is 0 Å². The third kappa shape index (κ3) is 7.74. The van der Waals surface area contributed by atoms with Crippen LogP contribution in [0.25, 0.3) is 0 Å². The van der Waals surface area contributed by atoms with Gasteiger partial charge in [0.25, 0.3) is 0 Å². The Labute approximate surface area is 121 Å². The van der Waals surface area contributed by atoms with Crippen molar-refractivity contribution in [3.05, 3.63) is 48.0 Å². The first-order valence-corrected chi connectivity index (χ1v) is 7.36. The molecule has 110 valence electrons. The third-order valence-electron chi connectivity index (χ3n) is 3.11. The summed E-state index contributed by atoms with van der Waals surface area (Å²) >= 11 is 0. The molecule has 2 N–H and O–H groups in total. The van der Waals surface area contributed by atoms with Crippen LogP contribution >= 0.6 is 0 Å². The molecule has 3 heteroatoms. The first-order chi connectivity index (χ1) is 9.72. The Morgan fingerprint density at radius 2 is 2.00 bits per heavy atom. The predicted molar refractivity (Wildman–Crippen MR) is 82.2 cm³/mol. The van der Waals surface area contributed by atoms with Gasteiger partial charge in [0.2, 0.25) is 5.91 Å². The quantitative estimate of drug-likeness (QED) is 0.680. The molecular weight excluding hydrogens is 250 g/mol. The van der Waals surface area contributed by atoms with Crippen molar-refractivity contribution in [3.63, 3.8) is 0 Å². The molecule has 0 aliphatic carbocycles. The van der Waals surface area contributed by atoms with E-state index in [0.717, 1.165) is 24.8 Å². The highest BCUT2D eigenvalue weighted by Crippen LogP contribution is 2.06. The fraction of sp³-hybridized carbons (Fsp3) is 0.471. The molecule has 1 rings (SSSR count). The van der Waals surface area contributed by atoms with Crippen molar-refractivity contribution in [2.45, 2.75) is 51.7 Å². The molecule has 3 nitrogen and oxygen atoms in total. The molecule has 0 saturated heterocycles. The van der Waals surface area contributed by atoms with Crippen LogP contribution in [0.1, 0.15) is 44.6 Å². The smallest absolute Gasteiger partial charge is 0.220 e. The number of allylic oxidation sites excluding steroid dienone is 2. The summed E-state index contributed by atoms with van der Waals surface area (Å²) in [4.78, 5) is 11.7. The highest BCUT2D eigenvalue weighted by atomic mass is 16.3. The molecule has 20 heavy (non-hydrogen) atoms. The second-order valence-corrected chi connectivity index (χ2v) is 4.91. The van der Waals surface area contributed by atoms with E-state index in [9.17, 15) is 9.90 Å². The Kier molecular flexibility index (Phi) is 8.40. The molecule has 0 bridgehead atoms. The molecule has 0 aliphatic heterocycles. The number of carbonyl (C=O) groups is 1. The van der Waals surface area contributed by atoms with Crippen molar-refractivity contribution in [3.8, 4) is 0 Å². The SMILES string of the molecule is CC/C=C/CC[C@H](O)CCC(=O)NCc1ccccc1. The normalized spacial score (nSPS) is 12.5. The summed E-state index contributed by atoms with van der Waals surface area (Å²) in [6.45, 7) is 2.64. The summed E-state index contributed by atoms with van der Waals surface area (Å²) in [5.74, 6) is -0.00277. The number of aliphatic hydroxyl groups is 1. The lowest BCUT2D eigenvalue weighted by Gasteiger charge is -2.09. The van der Waals surface area contributed by atoms with Crippen LogP contribution in [0.5, 0.6) is 0 Å². The van der Waals surface area contributed by atoms with Crippen molar-refractivity contribution in [1.29, 1.82) is 0 Å². The number of benzene rings is 1. The Hall–Kier alpha value is -1.61. The summed E-state index contributed by atoms with van der Waals surface area (Å²) in [5, 5.41) is 12.6. The van der Waals surface area contributed by atoms with Crippen molar-refractivity contribution in [1.82, 2.24) is 5.32 Å². The second kappa shape index (κ2) is 10.2. The minimum absolute atomic E-state index is 0.00277. The molecule has 1 aromatic carbocycles. The first kappa shape index (κ1) is 16.4. The maximum absolute atomic E-state index is 11.7. The minimum Gasteiger partial charge on any atom is -0.393 e. The van der Waals surface area contributed by atoms with Gasteiger partial charge in [0.1, 0.15) is 0 Å². The third-order valence-corrected chi connectivity index (χ3v) is 3.11. The highest BCUT2D eigenvalue weighted by molar-refractivity contribution is 5.75. The van der Waals surface area contributed by atoms with Crippen LogP contribution in [0.15, 0.2) is 42.5 Å². The van der Waals surface area contributed by atoms with Crippen LogP contribution < -0.4 is 5.32 Å². The standard InChI is InChI=1S/C17H25NO2/c1-2-3-4-8-11-16(19)12-13-17(20)18-14-15-9-6-5-7-10-15/h3-7,9-10,16,19H,2,8,11-14H2,1H3,(H,18,20)/b4-3+/t16-/m0/s1.